The molecule has 2 fully saturated rings. The molecule has 0 radical (unpaired) electrons. The fourth-order valence-electron chi connectivity index (χ4n) is 4.10. The van der Waals surface area contributed by atoms with Crippen LogP contribution in [0.3, 0.4) is 0 Å². The summed E-state index contributed by atoms with van der Waals surface area (Å²) in [4.78, 5) is 14.9. The maximum Gasteiger partial charge on any atom is 0.239 e. The molecule has 1 N–H and O–H groups in total. The largest absolute Gasteiger partial charge is 0.381 e. The average Bonchev–Trinajstić information content (AvgIpc) is 2.94. The van der Waals surface area contributed by atoms with Crippen molar-refractivity contribution in [3.63, 3.8) is 0 Å². The van der Waals surface area contributed by atoms with E-state index in [2.05, 4.69) is 15.3 Å². The summed E-state index contributed by atoms with van der Waals surface area (Å²) in [6.45, 7) is 6.41. The van der Waals surface area contributed by atoms with Gasteiger partial charge in [-0.25, -0.2) is 9.07 Å². The zero-order valence-corrected chi connectivity index (χ0v) is 16.7. The van der Waals surface area contributed by atoms with E-state index in [9.17, 15) is 9.18 Å². The molecule has 2 aliphatic heterocycles. The molecule has 4 rings (SSSR count). The summed E-state index contributed by atoms with van der Waals surface area (Å²) in [5.74, 6) is -0.0757. The van der Waals surface area contributed by atoms with Crippen molar-refractivity contribution in [2.45, 2.75) is 19.8 Å². The standard InChI is InChI=1S/C21H27FN4O3/c1-16-12-19(26(24-16)18-5-3-2-4-17(18)22)23-20(27)13-25-8-11-29-15-21(14-25)6-9-28-10-7-21/h2-5,12H,6-11,13-15H2,1H3,(H,23,27). The minimum Gasteiger partial charge on any atom is -0.381 e. The number of carbonyl (C=O) groups is 1. The number of carbonyl (C=O) groups excluding carboxylic acids is 1. The molecular formula is C21H27FN4O3. The van der Waals surface area contributed by atoms with Gasteiger partial charge in [0.15, 0.2) is 0 Å². The number of hydrogen-bond acceptors (Lipinski definition) is 5. The van der Waals surface area contributed by atoms with E-state index in [-0.39, 0.29) is 17.9 Å². The van der Waals surface area contributed by atoms with E-state index >= 15 is 0 Å². The quantitative estimate of drug-likeness (QED) is 0.851. The fraction of sp³-hybridized carbons (Fsp3) is 0.524. The zero-order valence-electron chi connectivity index (χ0n) is 16.7. The van der Waals surface area contributed by atoms with Crippen LogP contribution < -0.4 is 5.32 Å². The van der Waals surface area contributed by atoms with Crippen LogP contribution in [0.1, 0.15) is 18.5 Å². The number of benzene rings is 1. The van der Waals surface area contributed by atoms with Crippen LogP contribution in [-0.4, -0.2) is 66.6 Å². The average molecular weight is 402 g/mol. The molecule has 0 aliphatic carbocycles. The first-order valence-corrected chi connectivity index (χ1v) is 10.0. The number of hydrogen-bond donors (Lipinski definition) is 1. The number of rotatable bonds is 4. The first-order chi connectivity index (χ1) is 14.0. The van der Waals surface area contributed by atoms with Crippen molar-refractivity contribution in [2.75, 3.05) is 51.4 Å². The molecule has 1 aromatic carbocycles. The van der Waals surface area contributed by atoms with E-state index in [4.69, 9.17) is 9.47 Å². The van der Waals surface area contributed by atoms with Gasteiger partial charge in [0.25, 0.3) is 0 Å². The van der Waals surface area contributed by atoms with Crippen LogP contribution in [0.4, 0.5) is 10.2 Å². The minimum absolute atomic E-state index is 0.0561. The highest BCUT2D eigenvalue weighted by atomic mass is 19.1. The van der Waals surface area contributed by atoms with E-state index in [1.54, 1.807) is 24.3 Å². The highest BCUT2D eigenvalue weighted by Crippen LogP contribution is 2.33. The molecule has 0 bridgehead atoms. The Morgan fingerprint density at radius 1 is 1.24 bits per heavy atom. The van der Waals surface area contributed by atoms with Crippen LogP contribution in [-0.2, 0) is 14.3 Å². The molecule has 29 heavy (non-hydrogen) atoms. The van der Waals surface area contributed by atoms with Gasteiger partial charge in [-0.15, -0.1) is 0 Å². The van der Waals surface area contributed by atoms with Gasteiger partial charge in [0.2, 0.25) is 5.91 Å². The van der Waals surface area contributed by atoms with Crippen molar-refractivity contribution in [3.05, 3.63) is 41.8 Å². The number of aromatic nitrogens is 2. The van der Waals surface area contributed by atoms with Gasteiger partial charge in [-0.2, -0.15) is 5.10 Å². The van der Waals surface area contributed by atoms with Gasteiger partial charge in [-0.05, 0) is 31.9 Å². The summed E-state index contributed by atoms with van der Waals surface area (Å²) in [7, 11) is 0. The number of ether oxygens (including phenoxy) is 2. The second-order valence-corrected chi connectivity index (χ2v) is 7.96. The Bertz CT molecular complexity index is 863. The predicted octanol–water partition coefficient (Wildman–Crippen LogP) is 2.39. The van der Waals surface area contributed by atoms with Gasteiger partial charge in [-0.3, -0.25) is 9.69 Å². The van der Waals surface area contributed by atoms with Crippen LogP contribution in [0.5, 0.6) is 0 Å². The molecule has 0 saturated carbocycles. The third-order valence-electron chi connectivity index (χ3n) is 5.62. The molecule has 8 heteroatoms. The van der Waals surface area contributed by atoms with Gasteiger partial charge in [0.1, 0.15) is 17.3 Å². The molecule has 1 amide bonds. The number of nitrogens with one attached hydrogen (secondary N) is 1. The number of para-hydroxylation sites is 1. The Balaban J connectivity index is 1.45. The van der Waals surface area contributed by atoms with Crippen molar-refractivity contribution in [2.24, 2.45) is 5.41 Å². The van der Waals surface area contributed by atoms with Crippen LogP contribution in [0.2, 0.25) is 0 Å². The minimum atomic E-state index is -0.391. The Kier molecular flexibility index (Phi) is 5.94. The van der Waals surface area contributed by atoms with Crippen molar-refractivity contribution in [1.29, 1.82) is 0 Å². The molecule has 2 aromatic rings. The molecule has 2 saturated heterocycles. The van der Waals surface area contributed by atoms with E-state index in [1.165, 1.54) is 10.7 Å². The maximum absolute atomic E-state index is 14.2. The van der Waals surface area contributed by atoms with Crippen LogP contribution in [0, 0.1) is 18.2 Å². The number of anilines is 1. The van der Waals surface area contributed by atoms with Crippen LogP contribution in [0.25, 0.3) is 5.69 Å². The number of halogens is 1. The second kappa shape index (κ2) is 8.61. The highest BCUT2D eigenvalue weighted by Gasteiger charge is 2.37. The summed E-state index contributed by atoms with van der Waals surface area (Å²) in [5, 5.41) is 7.24. The van der Waals surface area contributed by atoms with Gasteiger partial charge in [-0.1, -0.05) is 12.1 Å². The van der Waals surface area contributed by atoms with E-state index in [1.807, 2.05) is 6.92 Å². The lowest BCUT2D eigenvalue weighted by Crippen LogP contribution is -2.44. The lowest BCUT2D eigenvalue weighted by molar-refractivity contribution is -0.117. The van der Waals surface area contributed by atoms with Gasteiger partial charge < -0.3 is 14.8 Å². The molecule has 1 spiro atoms. The smallest absolute Gasteiger partial charge is 0.239 e. The topological polar surface area (TPSA) is 68.6 Å². The monoisotopic (exact) mass is 402 g/mol. The van der Waals surface area contributed by atoms with Crippen molar-refractivity contribution < 1.29 is 18.7 Å². The fourth-order valence-corrected chi connectivity index (χ4v) is 4.10. The lowest BCUT2D eigenvalue weighted by atomic mass is 9.80. The van der Waals surface area contributed by atoms with Crippen molar-refractivity contribution >= 4 is 11.7 Å². The molecule has 1 aromatic heterocycles. The predicted molar refractivity (Wildman–Crippen MR) is 107 cm³/mol. The first-order valence-electron chi connectivity index (χ1n) is 10.0. The first kappa shape index (κ1) is 20.0. The Hall–Kier alpha value is -2.29. The van der Waals surface area contributed by atoms with Gasteiger partial charge >= 0.3 is 0 Å². The zero-order chi connectivity index (χ0) is 20.3. The van der Waals surface area contributed by atoms with Gasteiger partial charge in [0, 0.05) is 37.8 Å². The molecule has 0 unspecified atom stereocenters. The number of amides is 1. The lowest BCUT2D eigenvalue weighted by Gasteiger charge is -2.38. The molecular weight excluding hydrogens is 375 g/mol. The number of nitrogens with zero attached hydrogens (tertiary/aromatic N) is 3. The molecule has 3 heterocycles. The van der Waals surface area contributed by atoms with Gasteiger partial charge in [0.05, 0.1) is 25.5 Å². The van der Waals surface area contributed by atoms with E-state index in [0.717, 1.165) is 32.6 Å². The van der Waals surface area contributed by atoms with Crippen LogP contribution >= 0.6 is 0 Å². The SMILES string of the molecule is Cc1cc(NC(=O)CN2CCOCC3(CCOCC3)C2)n(-c2ccccc2F)n1. The second-order valence-electron chi connectivity index (χ2n) is 7.96. The van der Waals surface area contributed by atoms with E-state index in [0.29, 0.717) is 37.0 Å². The normalized spacial score (nSPS) is 19.8. The van der Waals surface area contributed by atoms with Crippen molar-refractivity contribution in [3.8, 4) is 5.69 Å². The molecule has 0 atom stereocenters. The van der Waals surface area contributed by atoms with Crippen molar-refractivity contribution in [1.82, 2.24) is 14.7 Å². The Morgan fingerprint density at radius 3 is 2.83 bits per heavy atom. The molecule has 2 aliphatic rings. The van der Waals surface area contributed by atoms with E-state index < -0.39 is 5.82 Å². The Labute approximate surface area is 169 Å². The molecule has 156 valence electrons. The summed E-state index contributed by atoms with van der Waals surface area (Å²) < 4.78 is 27.0. The summed E-state index contributed by atoms with van der Waals surface area (Å²) in [5.41, 5.74) is 1.06. The summed E-state index contributed by atoms with van der Waals surface area (Å²) in [6.07, 6.45) is 1.90. The number of aryl methyl sites for hydroxylation is 1. The highest BCUT2D eigenvalue weighted by molar-refractivity contribution is 5.91. The molecule has 7 nitrogen and oxygen atoms in total. The summed E-state index contributed by atoms with van der Waals surface area (Å²) >= 11 is 0. The Morgan fingerprint density at radius 2 is 2.03 bits per heavy atom. The third kappa shape index (κ3) is 4.66. The third-order valence-corrected chi connectivity index (χ3v) is 5.62. The van der Waals surface area contributed by atoms with Crippen LogP contribution in [0.15, 0.2) is 30.3 Å². The summed E-state index contributed by atoms with van der Waals surface area (Å²) in [6, 6.07) is 8.13. The maximum atomic E-state index is 14.2.